The van der Waals surface area contributed by atoms with Gasteiger partial charge in [-0.25, -0.2) is 4.39 Å². The van der Waals surface area contributed by atoms with Gasteiger partial charge < -0.3 is 10.4 Å². The maximum atomic E-state index is 12.7. The molecule has 3 heteroatoms. The Labute approximate surface area is 114 Å². The summed E-state index contributed by atoms with van der Waals surface area (Å²) in [5.74, 6) is 0.191. The van der Waals surface area contributed by atoms with Crippen molar-refractivity contribution in [3.05, 3.63) is 41.7 Å². The molecule has 1 aliphatic carbocycles. The van der Waals surface area contributed by atoms with E-state index < -0.39 is 0 Å². The predicted molar refractivity (Wildman–Crippen MR) is 76.3 cm³/mol. The molecule has 0 aromatic heterocycles. The topological polar surface area (TPSA) is 32.3 Å². The monoisotopic (exact) mass is 263 g/mol. The summed E-state index contributed by atoms with van der Waals surface area (Å²) in [5.41, 5.74) is 1.01. The summed E-state index contributed by atoms with van der Waals surface area (Å²) < 4.78 is 12.7. The quantitative estimate of drug-likeness (QED) is 0.856. The lowest BCUT2D eigenvalue weighted by Crippen LogP contribution is -2.40. The van der Waals surface area contributed by atoms with Gasteiger partial charge in [0.15, 0.2) is 0 Å². The average Bonchev–Trinajstić information content (AvgIpc) is 2.46. The highest BCUT2D eigenvalue weighted by atomic mass is 19.1. The van der Waals surface area contributed by atoms with E-state index in [1.54, 1.807) is 12.1 Å². The SMILES string of the molecule is OCC1CCCCC1NC/C=C/c1ccc(F)cc1. The standard InChI is InChI=1S/C16H22FNO/c17-15-9-7-13(8-10-15)4-3-11-18-16-6-2-1-5-14(16)12-19/h3-4,7-10,14,16,18-19H,1-2,5-6,11-12H2/b4-3+. The number of hydrogen-bond donors (Lipinski definition) is 2. The van der Waals surface area contributed by atoms with E-state index in [4.69, 9.17) is 0 Å². The van der Waals surface area contributed by atoms with Crippen LogP contribution < -0.4 is 5.32 Å². The highest BCUT2D eigenvalue weighted by Gasteiger charge is 2.23. The first-order valence-electron chi connectivity index (χ1n) is 7.06. The van der Waals surface area contributed by atoms with Crippen molar-refractivity contribution in [2.75, 3.05) is 13.2 Å². The highest BCUT2D eigenvalue weighted by molar-refractivity contribution is 5.48. The first-order chi connectivity index (χ1) is 9.29. The Hall–Kier alpha value is -1.19. The lowest BCUT2D eigenvalue weighted by Gasteiger charge is -2.30. The first-order valence-corrected chi connectivity index (χ1v) is 7.06. The summed E-state index contributed by atoms with van der Waals surface area (Å²) in [4.78, 5) is 0. The van der Waals surface area contributed by atoms with Gasteiger partial charge in [0.1, 0.15) is 5.82 Å². The zero-order chi connectivity index (χ0) is 13.5. The summed E-state index contributed by atoms with van der Waals surface area (Å²) in [5, 5.41) is 12.8. The average molecular weight is 263 g/mol. The van der Waals surface area contributed by atoms with Crippen molar-refractivity contribution in [3.63, 3.8) is 0 Å². The van der Waals surface area contributed by atoms with Gasteiger partial charge in [-0.05, 0) is 36.5 Å². The summed E-state index contributed by atoms with van der Waals surface area (Å²) in [7, 11) is 0. The van der Waals surface area contributed by atoms with E-state index in [-0.39, 0.29) is 12.4 Å². The van der Waals surface area contributed by atoms with Crippen LogP contribution in [0.2, 0.25) is 0 Å². The van der Waals surface area contributed by atoms with Crippen molar-refractivity contribution in [1.82, 2.24) is 5.32 Å². The number of halogens is 1. The molecule has 0 aliphatic heterocycles. The first kappa shape index (κ1) is 14.2. The normalized spacial score (nSPS) is 23.9. The van der Waals surface area contributed by atoms with Crippen molar-refractivity contribution < 1.29 is 9.50 Å². The molecule has 2 atom stereocenters. The molecule has 1 aliphatic rings. The summed E-state index contributed by atoms with van der Waals surface area (Å²) in [6, 6.07) is 6.90. The number of nitrogens with one attached hydrogen (secondary N) is 1. The second-order valence-corrected chi connectivity index (χ2v) is 5.20. The van der Waals surface area contributed by atoms with Crippen LogP contribution in [0.5, 0.6) is 0 Å². The molecule has 1 aromatic carbocycles. The molecule has 2 unspecified atom stereocenters. The van der Waals surface area contributed by atoms with Gasteiger partial charge in [0, 0.05) is 19.2 Å². The van der Waals surface area contributed by atoms with Crippen LogP contribution in [-0.2, 0) is 0 Å². The summed E-state index contributed by atoms with van der Waals surface area (Å²) in [6.07, 6.45) is 8.79. The molecule has 0 saturated heterocycles. The van der Waals surface area contributed by atoms with Gasteiger partial charge in [-0.2, -0.15) is 0 Å². The molecule has 0 radical (unpaired) electrons. The van der Waals surface area contributed by atoms with Crippen LogP contribution in [0, 0.1) is 11.7 Å². The van der Waals surface area contributed by atoms with Crippen molar-refractivity contribution >= 4 is 6.08 Å². The summed E-state index contributed by atoms with van der Waals surface area (Å²) >= 11 is 0. The molecule has 1 saturated carbocycles. The second kappa shape index (κ2) is 7.41. The van der Waals surface area contributed by atoms with Gasteiger partial charge in [0.25, 0.3) is 0 Å². The lowest BCUT2D eigenvalue weighted by molar-refractivity contribution is 0.155. The Morgan fingerprint density at radius 3 is 2.68 bits per heavy atom. The van der Waals surface area contributed by atoms with Gasteiger partial charge in [0.05, 0.1) is 0 Å². The van der Waals surface area contributed by atoms with Crippen molar-refractivity contribution in [2.24, 2.45) is 5.92 Å². The zero-order valence-corrected chi connectivity index (χ0v) is 11.2. The van der Waals surface area contributed by atoms with Gasteiger partial charge in [0.2, 0.25) is 0 Å². The Balaban J connectivity index is 1.77. The Kier molecular flexibility index (Phi) is 5.55. The van der Waals surface area contributed by atoms with Crippen LogP contribution in [0.3, 0.4) is 0 Å². The van der Waals surface area contributed by atoms with Crippen molar-refractivity contribution in [3.8, 4) is 0 Å². The lowest BCUT2D eigenvalue weighted by atomic mass is 9.85. The maximum absolute atomic E-state index is 12.7. The second-order valence-electron chi connectivity index (χ2n) is 5.20. The van der Waals surface area contributed by atoms with Crippen LogP contribution in [0.25, 0.3) is 6.08 Å². The molecule has 0 amide bonds. The highest BCUT2D eigenvalue weighted by Crippen LogP contribution is 2.23. The van der Waals surface area contributed by atoms with Crippen LogP contribution in [0.1, 0.15) is 31.2 Å². The molecule has 2 nitrogen and oxygen atoms in total. The summed E-state index contributed by atoms with van der Waals surface area (Å²) in [6.45, 7) is 1.07. The van der Waals surface area contributed by atoms with Crippen LogP contribution >= 0.6 is 0 Å². The molecule has 19 heavy (non-hydrogen) atoms. The maximum Gasteiger partial charge on any atom is 0.123 e. The minimum absolute atomic E-state index is 0.205. The fraction of sp³-hybridized carbons (Fsp3) is 0.500. The third-order valence-electron chi connectivity index (χ3n) is 3.82. The number of rotatable bonds is 5. The molecule has 2 N–H and O–H groups in total. The third-order valence-corrected chi connectivity index (χ3v) is 3.82. The number of benzene rings is 1. The smallest absolute Gasteiger partial charge is 0.123 e. The van der Waals surface area contributed by atoms with Gasteiger partial charge in [-0.1, -0.05) is 37.1 Å². The third kappa shape index (κ3) is 4.44. The minimum atomic E-state index is -0.205. The molecule has 0 spiro atoms. The molecular weight excluding hydrogens is 241 g/mol. The van der Waals surface area contributed by atoms with Crippen LogP contribution in [-0.4, -0.2) is 24.3 Å². The molecule has 0 heterocycles. The van der Waals surface area contributed by atoms with E-state index >= 15 is 0 Å². The molecular formula is C16H22FNO. The van der Waals surface area contributed by atoms with E-state index in [0.29, 0.717) is 12.0 Å². The largest absolute Gasteiger partial charge is 0.396 e. The van der Waals surface area contributed by atoms with E-state index in [0.717, 1.165) is 24.9 Å². The molecule has 1 aromatic rings. The number of aliphatic hydroxyl groups is 1. The fourth-order valence-corrected chi connectivity index (χ4v) is 2.68. The van der Waals surface area contributed by atoms with Crippen molar-refractivity contribution in [2.45, 2.75) is 31.7 Å². The number of aliphatic hydroxyl groups excluding tert-OH is 1. The van der Waals surface area contributed by atoms with Gasteiger partial charge in [-0.15, -0.1) is 0 Å². The van der Waals surface area contributed by atoms with E-state index in [2.05, 4.69) is 11.4 Å². The molecule has 2 rings (SSSR count). The number of hydrogen-bond acceptors (Lipinski definition) is 2. The predicted octanol–water partition coefficient (Wildman–Crippen LogP) is 2.98. The zero-order valence-electron chi connectivity index (χ0n) is 11.2. The Bertz CT molecular complexity index is 402. The van der Waals surface area contributed by atoms with Gasteiger partial charge >= 0.3 is 0 Å². The van der Waals surface area contributed by atoms with Crippen LogP contribution in [0.4, 0.5) is 4.39 Å². The minimum Gasteiger partial charge on any atom is -0.396 e. The van der Waals surface area contributed by atoms with Crippen molar-refractivity contribution in [1.29, 1.82) is 0 Å². The van der Waals surface area contributed by atoms with E-state index in [1.165, 1.54) is 25.0 Å². The van der Waals surface area contributed by atoms with Gasteiger partial charge in [-0.3, -0.25) is 0 Å². The van der Waals surface area contributed by atoms with E-state index in [9.17, 15) is 9.50 Å². The van der Waals surface area contributed by atoms with E-state index in [1.807, 2.05) is 6.08 Å². The molecule has 0 bridgehead atoms. The Morgan fingerprint density at radius 2 is 1.95 bits per heavy atom. The van der Waals surface area contributed by atoms with Crippen LogP contribution in [0.15, 0.2) is 30.3 Å². The fourth-order valence-electron chi connectivity index (χ4n) is 2.68. The Morgan fingerprint density at radius 1 is 1.21 bits per heavy atom. The molecule has 1 fully saturated rings. The molecule has 104 valence electrons.